The Morgan fingerprint density at radius 3 is 2.28 bits per heavy atom. The van der Waals surface area contributed by atoms with Gasteiger partial charge in [0.1, 0.15) is 0 Å². The van der Waals surface area contributed by atoms with E-state index in [1.165, 1.54) is 32.7 Å². The minimum atomic E-state index is -0.415. The molecule has 0 bridgehead atoms. The first-order valence-corrected chi connectivity index (χ1v) is 9.77. The lowest BCUT2D eigenvalue weighted by Crippen LogP contribution is -2.34. The zero-order valence-electron chi connectivity index (χ0n) is 16.0. The number of thiocarbonyl (C=S) groups is 1. The third kappa shape index (κ3) is 4.82. The number of benzene rings is 2. The number of nitrogens with zero attached hydrogens (tertiary/aromatic N) is 1. The van der Waals surface area contributed by atoms with E-state index in [-0.39, 0.29) is 5.11 Å². The van der Waals surface area contributed by atoms with E-state index >= 15 is 0 Å². The smallest absolute Gasteiger partial charge is 0.257 e. The van der Waals surface area contributed by atoms with Crippen molar-refractivity contribution >= 4 is 39.7 Å². The normalized spacial score (nSPS) is 10.2. The summed E-state index contributed by atoms with van der Waals surface area (Å²) >= 11 is 6.64. The molecular weight excluding hydrogens is 410 g/mol. The highest BCUT2D eigenvalue weighted by Crippen LogP contribution is 2.38. The van der Waals surface area contributed by atoms with Gasteiger partial charge in [-0.25, -0.2) is 4.98 Å². The molecule has 3 rings (SSSR count). The molecule has 2 aromatic carbocycles. The zero-order chi connectivity index (χ0) is 20.8. The van der Waals surface area contributed by atoms with Gasteiger partial charge < -0.3 is 19.5 Å². The average molecular weight is 430 g/mol. The monoisotopic (exact) mass is 429 g/mol. The van der Waals surface area contributed by atoms with Crippen LogP contribution in [-0.2, 0) is 0 Å². The Balaban J connectivity index is 1.70. The van der Waals surface area contributed by atoms with Gasteiger partial charge >= 0.3 is 0 Å². The van der Waals surface area contributed by atoms with E-state index in [0.717, 1.165) is 11.3 Å². The molecule has 1 aromatic heterocycles. The van der Waals surface area contributed by atoms with E-state index in [1.807, 2.05) is 35.7 Å². The van der Waals surface area contributed by atoms with Crippen LogP contribution in [0.5, 0.6) is 17.2 Å². The molecule has 0 atom stereocenters. The summed E-state index contributed by atoms with van der Waals surface area (Å²) in [4.78, 5) is 17.1. The van der Waals surface area contributed by atoms with Crippen molar-refractivity contribution < 1.29 is 19.0 Å². The van der Waals surface area contributed by atoms with Crippen LogP contribution in [0, 0.1) is 0 Å². The van der Waals surface area contributed by atoms with Gasteiger partial charge in [-0.1, -0.05) is 30.3 Å². The first-order valence-electron chi connectivity index (χ1n) is 8.49. The largest absolute Gasteiger partial charge is 0.493 e. The summed E-state index contributed by atoms with van der Waals surface area (Å²) in [6.45, 7) is 0. The van der Waals surface area contributed by atoms with Crippen LogP contribution in [0.1, 0.15) is 10.4 Å². The molecule has 9 heteroatoms. The van der Waals surface area contributed by atoms with Crippen LogP contribution in [0.2, 0.25) is 0 Å². The molecule has 150 valence electrons. The second-order valence-electron chi connectivity index (χ2n) is 5.73. The standard InChI is InChI=1S/C20H19N3O4S2/c1-25-15-9-13(10-16(26-2)17(15)27-3)18(24)22-19(28)23-20-21-14(11-29-20)12-7-5-4-6-8-12/h4-11H,1-3H3,(H2,21,22,23,24,28). The van der Waals surface area contributed by atoms with Crippen LogP contribution in [0.3, 0.4) is 0 Å². The average Bonchev–Trinajstić information content (AvgIpc) is 3.21. The summed E-state index contributed by atoms with van der Waals surface area (Å²) in [6.07, 6.45) is 0. The van der Waals surface area contributed by atoms with Gasteiger partial charge in [0.2, 0.25) is 5.75 Å². The Bertz CT molecular complexity index is 997. The minimum Gasteiger partial charge on any atom is -0.493 e. The van der Waals surface area contributed by atoms with Crippen molar-refractivity contribution in [2.24, 2.45) is 0 Å². The summed E-state index contributed by atoms with van der Waals surface area (Å²) < 4.78 is 15.8. The molecule has 0 aliphatic carbocycles. The molecule has 1 heterocycles. The highest BCUT2D eigenvalue weighted by molar-refractivity contribution is 7.80. The van der Waals surface area contributed by atoms with Crippen LogP contribution < -0.4 is 24.8 Å². The summed E-state index contributed by atoms with van der Waals surface area (Å²) in [5.41, 5.74) is 2.15. The van der Waals surface area contributed by atoms with E-state index in [1.54, 1.807) is 12.1 Å². The Kier molecular flexibility index (Phi) is 6.63. The molecule has 0 saturated carbocycles. The van der Waals surface area contributed by atoms with Crippen LogP contribution in [-0.4, -0.2) is 37.3 Å². The van der Waals surface area contributed by atoms with Gasteiger partial charge in [0.05, 0.1) is 27.0 Å². The second kappa shape index (κ2) is 9.35. The number of amides is 1. The summed E-state index contributed by atoms with van der Waals surface area (Å²) in [6, 6.07) is 12.9. The number of carbonyl (C=O) groups is 1. The molecule has 0 spiro atoms. The lowest BCUT2D eigenvalue weighted by Gasteiger charge is -2.14. The van der Waals surface area contributed by atoms with Crippen LogP contribution >= 0.6 is 23.6 Å². The highest BCUT2D eigenvalue weighted by Gasteiger charge is 2.18. The Morgan fingerprint density at radius 2 is 1.69 bits per heavy atom. The first kappa shape index (κ1) is 20.6. The molecule has 0 fully saturated rings. The Hall–Kier alpha value is -3.17. The maximum absolute atomic E-state index is 12.6. The predicted octanol–water partition coefficient (Wildman–Crippen LogP) is 3.96. The number of rotatable bonds is 6. The van der Waals surface area contributed by atoms with Crippen molar-refractivity contribution in [1.82, 2.24) is 10.3 Å². The maximum Gasteiger partial charge on any atom is 0.257 e. The second-order valence-corrected chi connectivity index (χ2v) is 6.99. The fourth-order valence-corrected chi connectivity index (χ4v) is 3.57. The topological polar surface area (TPSA) is 81.7 Å². The molecule has 0 unspecified atom stereocenters. The number of methoxy groups -OCH3 is 3. The van der Waals surface area contributed by atoms with Crippen molar-refractivity contribution in [3.05, 3.63) is 53.4 Å². The van der Waals surface area contributed by atoms with E-state index < -0.39 is 5.91 Å². The quantitative estimate of drug-likeness (QED) is 0.574. The number of carbonyl (C=O) groups excluding carboxylic acids is 1. The molecule has 0 aliphatic heterocycles. The molecule has 3 aromatic rings. The summed E-state index contributed by atoms with van der Waals surface area (Å²) in [5, 5.41) is 8.20. The number of anilines is 1. The highest BCUT2D eigenvalue weighted by atomic mass is 32.1. The number of hydrogen-bond acceptors (Lipinski definition) is 7. The van der Waals surface area contributed by atoms with Gasteiger partial charge in [-0.3, -0.25) is 10.1 Å². The third-order valence-electron chi connectivity index (χ3n) is 3.95. The van der Waals surface area contributed by atoms with Crippen molar-refractivity contribution in [2.45, 2.75) is 0 Å². The summed E-state index contributed by atoms with van der Waals surface area (Å²) in [7, 11) is 4.47. The maximum atomic E-state index is 12.6. The lowest BCUT2D eigenvalue weighted by atomic mass is 10.1. The fourth-order valence-electron chi connectivity index (χ4n) is 2.59. The molecule has 0 saturated heterocycles. The van der Waals surface area contributed by atoms with Gasteiger partial charge in [-0.15, -0.1) is 11.3 Å². The minimum absolute atomic E-state index is 0.137. The van der Waals surface area contributed by atoms with Gasteiger partial charge in [-0.05, 0) is 24.4 Å². The number of hydrogen-bond donors (Lipinski definition) is 2. The molecule has 0 radical (unpaired) electrons. The number of ether oxygens (including phenoxy) is 3. The summed E-state index contributed by atoms with van der Waals surface area (Å²) in [5.74, 6) is 0.747. The molecule has 1 amide bonds. The first-order chi connectivity index (χ1) is 14.0. The number of nitrogens with one attached hydrogen (secondary N) is 2. The predicted molar refractivity (Wildman–Crippen MR) is 117 cm³/mol. The lowest BCUT2D eigenvalue weighted by molar-refractivity contribution is 0.0977. The Labute approximate surface area is 177 Å². The van der Waals surface area contributed by atoms with Crippen molar-refractivity contribution in [3.8, 4) is 28.5 Å². The van der Waals surface area contributed by atoms with E-state index in [4.69, 9.17) is 26.4 Å². The van der Waals surface area contributed by atoms with Crippen LogP contribution in [0.4, 0.5) is 5.13 Å². The van der Waals surface area contributed by atoms with Gasteiger partial charge in [0, 0.05) is 16.5 Å². The van der Waals surface area contributed by atoms with Crippen molar-refractivity contribution in [3.63, 3.8) is 0 Å². The van der Waals surface area contributed by atoms with Crippen molar-refractivity contribution in [1.29, 1.82) is 0 Å². The number of aromatic nitrogens is 1. The van der Waals surface area contributed by atoms with Gasteiger partial charge in [0.15, 0.2) is 21.7 Å². The van der Waals surface area contributed by atoms with Crippen LogP contribution in [0.25, 0.3) is 11.3 Å². The molecular formula is C20H19N3O4S2. The zero-order valence-corrected chi connectivity index (χ0v) is 17.6. The van der Waals surface area contributed by atoms with E-state index in [2.05, 4.69) is 15.6 Å². The number of thiazole rings is 1. The van der Waals surface area contributed by atoms with E-state index in [0.29, 0.717) is 27.9 Å². The SMILES string of the molecule is COc1cc(C(=O)NC(=S)Nc2nc(-c3ccccc3)cs2)cc(OC)c1OC. The molecule has 0 aliphatic rings. The van der Waals surface area contributed by atoms with Gasteiger partial charge in [0.25, 0.3) is 5.91 Å². The van der Waals surface area contributed by atoms with Gasteiger partial charge in [-0.2, -0.15) is 0 Å². The molecule has 2 N–H and O–H groups in total. The Morgan fingerprint density at radius 1 is 1.03 bits per heavy atom. The molecule has 29 heavy (non-hydrogen) atoms. The molecule has 7 nitrogen and oxygen atoms in total. The third-order valence-corrected chi connectivity index (χ3v) is 4.91. The van der Waals surface area contributed by atoms with Crippen molar-refractivity contribution in [2.75, 3.05) is 26.6 Å². The fraction of sp³-hybridized carbons (Fsp3) is 0.150. The van der Waals surface area contributed by atoms with Crippen LogP contribution in [0.15, 0.2) is 47.8 Å². The van der Waals surface area contributed by atoms with E-state index in [9.17, 15) is 4.79 Å².